The van der Waals surface area contributed by atoms with Crippen LogP contribution in [-0.4, -0.2) is 49.6 Å². The summed E-state index contributed by atoms with van der Waals surface area (Å²) in [4.78, 5) is 6.86. The first-order chi connectivity index (χ1) is 12.1. The standard InChI is InChI=1S/C19H28ClFN4.HI/c1-3-9-25-10-7-13(8-11-25)23-19(22-2)24-17-12-14(17)18-15(20)5-4-6-16(18)21;/h4-6,13-14,17H,3,7-12H2,1-2H3,(H2,22,23,24);1H. The third kappa shape index (κ3) is 5.45. The molecule has 0 aromatic heterocycles. The van der Waals surface area contributed by atoms with Crippen LogP contribution in [0.1, 0.15) is 44.1 Å². The number of hydrogen-bond acceptors (Lipinski definition) is 2. The van der Waals surface area contributed by atoms with E-state index in [-0.39, 0.29) is 41.8 Å². The maximum Gasteiger partial charge on any atom is 0.191 e. The van der Waals surface area contributed by atoms with Crippen LogP contribution in [0.3, 0.4) is 0 Å². The molecule has 1 aromatic rings. The summed E-state index contributed by atoms with van der Waals surface area (Å²) in [7, 11) is 1.79. The van der Waals surface area contributed by atoms with Crippen molar-refractivity contribution in [3.8, 4) is 0 Å². The Morgan fingerprint density at radius 3 is 2.65 bits per heavy atom. The van der Waals surface area contributed by atoms with Crippen molar-refractivity contribution >= 4 is 41.5 Å². The first kappa shape index (κ1) is 21.7. The molecule has 7 heteroatoms. The van der Waals surface area contributed by atoms with E-state index >= 15 is 0 Å². The van der Waals surface area contributed by atoms with Gasteiger partial charge in [-0.3, -0.25) is 4.99 Å². The summed E-state index contributed by atoms with van der Waals surface area (Å²) in [5.41, 5.74) is 0.630. The van der Waals surface area contributed by atoms with E-state index in [1.54, 1.807) is 19.2 Å². The fourth-order valence-electron chi connectivity index (χ4n) is 3.70. The zero-order chi connectivity index (χ0) is 17.8. The second-order valence-corrected chi connectivity index (χ2v) is 7.47. The highest BCUT2D eigenvalue weighted by Gasteiger charge is 2.42. The third-order valence-electron chi connectivity index (χ3n) is 5.17. The van der Waals surface area contributed by atoms with Gasteiger partial charge < -0.3 is 15.5 Å². The molecule has 26 heavy (non-hydrogen) atoms. The van der Waals surface area contributed by atoms with Gasteiger partial charge in [0.2, 0.25) is 0 Å². The van der Waals surface area contributed by atoms with Crippen LogP contribution in [0.5, 0.6) is 0 Å². The highest BCUT2D eigenvalue weighted by Crippen LogP contribution is 2.44. The molecule has 2 atom stereocenters. The molecule has 146 valence electrons. The molecule has 0 spiro atoms. The van der Waals surface area contributed by atoms with Gasteiger partial charge in [0.1, 0.15) is 5.82 Å². The van der Waals surface area contributed by atoms with Gasteiger partial charge in [-0.15, -0.1) is 24.0 Å². The molecule has 0 radical (unpaired) electrons. The van der Waals surface area contributed by atoms with E-state index in [1.165, 1.54) is 19.0 Å². The lowest BCUT2D eigenvalue weighted by atomic mass is 10.1. The van der Waals surface area contributed by atoms with Crippen molar-refractivity contribution in [2.75, 3.05) is 26.7 Å². The number of rotatable bonds is 5. The summed E-state index contributed by atoms with van der Waals surface area (Å²) in [6.07, 6.45) is 4.36. The molecule has 1 aromatic carbocycles. The Bertz CT molecular complexity index is 599. The second-order valence-electron chi connectivity index (χ2n) is 7.06. The fraction of sp³-hybridized carbons (Fsp3) is 0.632. The lowest BCUT2D eigenvalue weighted by Gasteiger charge is -2.32. The molecule has 1 aliphatic heterocycles. The minimum atomic E-state index is -0.215. The molecular formula is C19H29ClFIN4. The zero-order valence-electron chi connectivity index (χ0n) is 15.5. The molecule has 2 aliphatic rings. The topological polar surface area (TPSA) is 39.7 Å². The number of halogens is 3. The average molecular weight is 495 g/mol. The average Bonchev–Trinajstić information content (AvgIpc) is 3.34. The number of aliphatic imine (C=N–C) groups is 1. The van der Waals surface area contributed by atoms with Gasteiger partial charge in [0.05, 0.1) is 0 Å². The van der Waals surface area contributed by atoms with Gasteiger partial charge in [-0.2, -0.15) is 0 Å². The van der Waals surface area contributed by atoms with Crippen LogP contribution in [0.2, 0.25) is 5.02 Å². The van der Waals surface area contributed by atoms with Gasteiger partial charge in [-0.1, -0.05) is 24.6 Å². The minimum absolute atomic E-state index is 0. The van der Waals surface area contributed by atoms with Gasteiger partial charge >= 0.3 is 0 Å². The van der Waals surface area contributed by atoms with Crippen LogP contribution >= 0.6 is 35.6 Å². The van der Waals surface area contributed by atoms with Crippen molar-refractivity contribution in [3.05, 3.63) is 34.6 Å². The van der Waals surface area contributed by atoms with E-state index in [9.17, 15) is 4.39 Å². The zero-order valence-corrected chi connectivity index (χ0v) is 18.6. The highest BCUT2D eigenvalue weighted by molar-refractivity contribution is 14.0. The molecule has 1 saturated carbocycles. The smallest absolute Gasteiger partial charge is 0.191 e. The lowest BCUT2D eigenvalue weighted by molar-refractivity contribution is 0.206. The summed E-state index contributed by atoms with van der Waals surface area (Å²) < 4.78 is 14.0. The number of hydrogen-bond donors (Lipinski definition) is 2. The normalized spacial score (nSPS) is 24.1. The van der Waals surface area contributed by atoms with Crippen LogP contribution < -0.4 is 10.6 Å². The molecule has 2 N–H and O–H groups in total. The Balaban J connectivity index is 0.00000243. The van der Waals surface area contributed by atoms with E-state index in [2.05, 4.69) is 27.4 Å². The molecule has 4 nitrogen and oxygen atoms in total. The minimum Gasteiger partial charge on any atom is -0.354 e. The number of nitrogens with one attached hydrogen (secondary N) is 2. The highest BCUT2D eigenvalue weighted by atomic mass is 127. The number of piperidine rings is 1. The molecule has 1 heterocycles. The predicted octanol–water partition coefficient (Wildman–Crippen LogP) is 3.99. The predicted molar refractivity (Wildman–Crippen MR) is 117 cm³/mol. The molecule has 0 amide bonds. The Morgan fingerprint density at radius 2 is 2.04 bits per heavy atom. The van der Waals surface area contributed by atoms with E-state index in [0.29, 0.717) is 16.6 Å². The quantitative estimate of drug-likeness (QED) is 0.369. The second kappa shape index (κ2) is 10.1. The van der Waals surface area contributed by atoms with Crippen molar-refractivity contribution < 1.29 is 4.39 Å². The largest absolute Gasteiger partial charge is 0.354 e. The number of likely N-dealkylation sites (tertiary alicyclic amines) is 1. The van der Waals surface area contributed by atoms with Crippen LogP contribution in [0.25, 0.3) is 0 Å². The molecular weight excluding hydrogens is 466 g/mol. The van der Waals surface area contributed by atoms with Crippen LogP contribution in [0.4, 0.5) is 4.39 Å². The lowest BCUT2D eigenvalue weighted by Crippen LogP contribution is -2.49. The Morgan fingerprint density at radius 1 is 1.31 bits per heavy atom. The van der Waals surface area contributed by atoms with Crippen molar-refractivity contribution in [2.45, 2.75) is 50.6 Å². The van der Waals surface area contributed by atoms with Crippen LogP contribution in [0.15, 0.2) is 23.2 Å². The van der Waals surface area contributed by atoms with E-state index in [4.69, 9.17) is 11.6 Å². The van der Waals surface area contributed by atoms with Crippen molar-refractivity contribution in [1.82, 2.24) is 15.5 Å². The maximum absolute atomic E-state index is 14.0. The van der Waals surface area contributed by atoms with Crippen molar-refractivity contribution in [3.63, 3.8) is 0 Å². The first-order valence-electron chi connectivity index (χ1n) is 9.28. The van der Waals surface area contributed by atoms with Crippen LogP contribution in [-0.2, 0) is 0 Å². The summed E-state index contributed by atoms with van der Waals surface area (Å²) in [6, 6.07) is 5.53. The molecule has 1 saturated heterocycles. The van der Waals surface area contributed by atoms with E-state index in [0.717, 1.165) is 38.3 Å². The first-order valence-corrected chi connectivity index (χ1v) is 9.66. The summed E-state index contributed by atoms with van der Waals surface area (Å²) in [5.74, 6) is 0.723. The Hall–Kier alpha value is -0.600. The van der Waals surface area contributed by atoms with Gasteiger partial charge in [-0.05, 0) is 44.4 Å². The number of benzene rings is 1. The Kier molecular flexibility index (Phi) is 8.41. The molecule has 2 unspecified atom stereocenters. The summed E-state index contributed by atoms with van der Waals surface area (Å²) in [5, 5.41) is 7.47. The van der Waals surface area contributed by atoms with E-state index in [1.807, 2.05) is 0 Å². The van der Waals surface area contributed by atoms with Crippen LogP contribution in [0, 0.1) is 5.82 Å². The van der Waals surface area contributed by atoms with Crippen molar-refractivity contribution in [1.29, 1.82) is 0 Å². The number of guanidine groups is 1. The van der Waals surface area contributed by atoms with Gasteiger partial charge in [0, 0.05) is 48.7 Å². The monoisotopic (exact) mass is 494 g/mol. The fourth-order valence-corrected chi connectivity index (χ4v) is 4.00. The van der Waals surface area contributed by atoms with Gasteiger partial charge in [0.25, 0.3) is 0 Å². The van der Waals surface area contributed by atoms with Gasteiger partial charge in [-0.25, -0.2) is 4.39 Å². The summed E-state index contributed by atoms with van der Waals surface area (Å²) in [6.45, 7) is 5.69. The van der Waals surface area contributed by atoms with E-state index < -0.39 is 0 Å². The van der Waals surface area contributed by atoms with Crippen molar-refractivity contribution in [2.24, 2.45) is 4.99 Å². The molecule has 1 aliphatic carbocycles. The number of nitrogens with zero attached hydrogens (tertiary/aromatic N) is 2. The van der Waals surface area contributed by atoms with Gasteiger partial charge in [0.15, 0.2) is 5.96 Å². The third-order valence-corrected chi connectivity index (χ3v) is 5.50. The molecule has 3 rings (SSSR count). The molecule has 0 bridgehead atoms. The summed E-state index contributed by atoms with van der Waals surface area (Å²) >= 11 is 6.18. The Labute approximate surface area is 178 Å². The maximum atomic E-state index is 14.0. The molecule has 2 fully saturated rings. The SMILES string of the molecule is CCCN1CCC(NC(=NC)NC2CC2c2c(F)cccc2Cl)CC1.I.